The summed E-state index contributed by atoms with van der Waals surface area (Å²) >= 11 is 0. The van der Waals surface area contributed by atoms with E-state index in [2.05, 4.69) is 24.8 Å². The first kappa shape index (κ1) is 10.4. The third-order valence-corrected chi connectivity index (χ3v) is 6.39. The molecule has 0 amide bonds. The quantitative estimate of drug-likeness (QED) is 0.379. The van der Waals surface area contributed by atoms with Gasteiger partial charge < -0.3 is 0 Å². The van der Waals surface area contributed by atoms with Crippen LogP contribution < -0.4 is 0 Å². The number of hydrogen-bond donors (Lipinski definition) is 0. The van der Waals surface area contributed by atoms with E-state index < -0.39 is 0 Å². The van der Waals surface area contributed by atoms with Gasteiger partial charge in [0, 0.05) is 0 Å². The van der Waals surface area contributed by atoms with Gasteiger partial charge in [0.25, 0.3) is 0 Å². The fraction of sp³-hybridized carbons (Fsp3) is 0.765. The third-order valence-electron chi connectivity index (χ3n) is 6.39. The second-order valence-corrected chi connectivity index (χ2v) is 6.98. The first-order valence-electron chi connectivity index (χ1n) is 7.67. The van der Waals surface area contributed by atoms with Gasteiger partial charge in [-0.15, -0.1) is 6.58 Å². The molecular formula is C17H24. The van der Waals surface area contributed by atoms with E-state index in [0.29, 0.717) is 0 Å². The maximum Gasteiger partial charge on any atom is -0.0194 e. The Labute approximate surface area is 105 Å². The average Bonchev–Trinajstić information content (AvgIpc) is 3.07. The third kappa shape index (κ3) is 1.36. The van der Waals surface area contributed by atoms with Crippen LogP contribution in [0.4, 0.5) is 0 Å². The van der Waals surface area contributed by atoms with Gasteiger partial charge in [-0.2, -0.15) is 0 Å². The number of rotatable bonds is 4. The van der Waals surface area contributed by atoms with Crippen molar-refractivity contribution in [1.82, 2.24) is 0 Å². The van der Waals surface area contributed by atoms with Crippen LogP contribution >= 0.6 is 0 Å². The van der Waals surface area contributed by atoms with E-state index in [1.165, 1.54) is 25.7 Å². The average molecular weight is 228 g/mol. The predicted molar refractivity (Wildman–Crippen MR) is 71.5 cm³/mol. The van der Waals surface area contributed by atoms with Gasteiger partial charge in [-0.25, -0.2) is 0 Å². The normalized spacial score (nSPS) is 53.3. The van der Waals surface area contributed by atoms with E-state index >= 15 is 0 Å². The Hall–Kier alpha value is -0.520. The van der Waals surface area contributed by atoms with Crippen LogP contribution in [0.25, 0.3) is 0 Å². The molecule has 0 aromatic heterocycles. The lowest BCUT2D eigenvalue weighted by atomic mass is 9.68. The molecule has 0 radical (unpaired) electrons. The van der Waals surface area contributed by atoms with Crippen molar-refractivity contribution in [1.29, 1.82) is 0 Å². The van der Waals surface area contributed by atoms with Crippen LogP contribution in [0.2, 0.25) is 0 Å². The van der Waals surface area contributed by atoms with Crippen molar-refractivity contribution in [2.75, 3.05) is 0 Å². The van der Waals surface area contributed by atoms with Crippen molar-refractivity contribution >= 4 is 0 Å². The van der Waals surface area contributed by atoms with Crippen molar-refractivity contribution in [2.45, 2.75) is 38.5 Å². The van der Waals surface area contributed by atoms with Crippen molar-refractivity contribution in [2.24, 2.45) is 41.4 Å². The van der Waals surface area contributed by atoms with E-state index in [0.717, 1.165) is 41.4 Å². The van der Waals surface area contributed by atoms with Gasteiger partial charge in [-0.1, -0.05) is 18.2 Å². The summed E-state index contributed by atoms with van der Waals surface area (Å²) in [7, 11) is 0. The number of hydrogen-bond acceptors (Lipinski definition) is 0. The van der Waals surface area contributed by atoms with E-state index in [4.69, 9.17) is 0 Å². The summed E-state index contributed by atoms with van der Waals surface area (Å²) in [6.45, 7) is 3.85. The summed E-state index contributed by atoms with van der Waals surface area (Å²) < 4.78 is 0. The second-order valence-electron chi connectivity index (χ2n) is 6.98. The van der Waals surface area contributed by atoms with Crippen LogP contribution in [0.3, 0.4) is 0 Å². The molecule has 0 spiro atoms. The summed E-state index contributed by atoms with van der Waals surface area (Å²) in [6, 6.07) is 0. The SMILES string of the molecule is C=CCCCC1CC2CC1C1C3C=CC(C3)C21. The molecule has 0 aliphatic heterocycles. The molecule has 92 valence electrons. The second kappa shape index (κ2) is 3.73. The zero-order valence-electron chi connectivity index (χ0n) is 10.7. The molecule has 0 N–H and O–H groups in total. The van der Waals surface area contributed by atoms with Gasteiger partial charge in [0.05, 0.1) is 0 Å². The minimum absolute atomic E-state index is 0.988. The first-order valence-corrected chi connectivity index (χ1v) is 7.67. The number of allylic oxidation sites excluding steroid dienone is 3. The molecule has 0 aromatic carbocycles. The topological polar surface area (TPSA) is 0 Å². The van der Waals surface area contributed by atoms with Gasteiger partial charge >= 0.3 is 0 Å². The molecule has 0 heteroatoms. The Balaban J connectivity index is 1.48. The van der Waals surface area contributed by atoms with Crippen LogP contribution in [0.15, 0.2) is 24.8 Å². The van der Waals surface area contributed by atoms with Gasteiger partial charge in [-0.3, -0.25) is 0 Å². The fourth-order valence-electron chi connectivity index (χ4n) is 6.01. The number of fused-ring (bicyclic) bond motifs is 9. The lowest BCUT2D eigenvalue weighted by Gasteiger charge is -2.36. The molecule has 0 nitrogen and oxygen atoms in total. The minimum atomic E-state index is 0.988. The lowest BCUT2D eigenvalue weighted by Crippen LogP contribution is -2.30. The van der Waals surface area contributed by atoms with Gasteiger partial charge in [-0.05, 0) is 80.0 Å². The molecule has 7 atom stereocenters. The Morgan fingerprint density at radius 1 is 1.06 bits per heavy atom. The first-order chi connectivity index (χ1) is 8.38. The molecule has 7 unspecified atom stereocenters. The Bertz CT molecular complexity index is 353. The fourth-order valence-corrected chi connectivity index (χ4v) is 6.01. The van der Waals surface area contributed by atoms with Crippen molar-refractivity contribution in [3.8, 4) is 0 Å². The van der Waals surface area contributed by atoms with Crippen LogP contribution in [0.5, 0.6) is 0 Å². The molecule has 3 fully saturated rings. The smallest absolute Gasteiger partial charge is 0.0194 e. The highest BCUT2D eigenvalue weighted by molar-refractivity contribution is 5.20. The van der Waals surface area contributed by atoms with Crippen molar-refractivity contribution < 1.29 is 0 Å². The molecule has 17 heavy (non-hydrogen) atoms. The summed E-state index contributed by atoms with van der Waals surface area (Å²) in [5.74, 6) is 7.50. The summed E-state index contributed by atoms with van der Waals surface area (Å²) in [4.78, 5) is 0. The molecule has 4 rings (SSSR count). The molecule has 0 heterocycles. The standard InChI is InChI=1S/C17H24/c1-2-3-4-5-11-8-14-10-15(11)17-13-7-6-12(9-13)16(14)17/h2,6-7,11-17H,1,3-5,8-10H2. The zero-order valence-corrected chi connectivity index (χ0v) is 10.7. The minimum Gasteiger partial charge on any atom is -0.103 e. The highest BCUT2D eigenvalue weighted by atomic mass is 14.6. The molecule has 0 aromatic rings. The van der Waals surface area contributed by atoms with Gasteiger partial charge in [0.15, 0.2) is 0 Å². The highest BCUT2D eigenvalue weighted by Crippen LogP contribution is 2.67. The summed E-state index contributed by atoms with van der Waals surface area (Å²) in [6.07, 6.45) is 16.0. The Morgan fingerprint density at radius 3 is 2.71 bits per heavy atom. The maximum absolute atomic E-state index is 3.85. The largest absolute Gasteiger partial charge is 0.103 e. The molecule has 4 aliphatic rings. The molecule has 4 aliphatic carbocycles. The molecule has 4 bridgehead atoms. The summed E-state index contributed by atoms with van der Waals surface area (Å²) in [5.41, 5.74) is 0. The highest BCUT2D eigenvalue weighted by Gasteiger charge is 2.60. The van der Waals surface area contributed by atoms with Gasteiger partial charge in [0.1, 0.15) is 0 Å². The Morgan fingerprint density at radius 2 is 1.88 bits per heavy atom. The van der Waals surface area contributed by atoms with Crippen LogP contribution in [0.1, 0.15) is 38.5 Å². The van der Waals surface area contributed by atoms with Crippen molar-refractivity contribution in [3.63, 3.8) is 0 Å². The zero-order chi connectivity index (χ0) is 11.4. The monoisotopic (exact) mass is 228 g/mol. The van der Waals surface area contributed by atoms with Gasteiger partial charge in [0.2, 0.25) is 0 Å². The molecule has 3 saturated carbocycles. The molecule has 0 saturated heterocycles. The van der Waals surface area contributed by atoms with E-state index in [1.807, 2.05) is 0 Å². The van der Waals surface area contributed by atoms with Crippen LogP contribution in [-0.2, 0) is 0 Å². The number of unbranched alkanes of at least 4 members (excludes halogenated alkanes) is 1. The van der Waals surface area contributed by atoms with E-state index in [-0.39, 0.29) is 0 Å². The van der Waals surface area contributed by atoms with Crippen molar-refractivity contribution in [3.05, 3.63) is 24.8 Å². The summed E-state index contributed by atoms with van der Waals surface area (Å²) in [5, 5.41) is 0. The predicted octanol–water partition coefficient (Wildman–Crippen LogP) is 4.44. The van der Waals surface area contributed by atoms with E-state index in [1.54, 1.807) is 12.8 Å². The lowest BCUT2D eigenvalue weighted by molar-refractivity contribution is 0.143. The Kier molecular flexibility index (Phi) is 2.29. The maximum atomic E-state index is 3.85. The van der Waals surface area contributed by atoms with E-state index in [9.17, 15) is 0 Å². The molecular weight excluding hydrogens is 204 g/mol. The van der Waals surface area contributed by atoms with Crippen LogP contribution in [-0.4, -0.2) is 0 Å². The van der Waals surface area contributed by atoms with Crippen LogP contribution in [0, 0.1) is 41.4 Å².